The molecule has 0 saturated heterocycles. The van der Waals surface area contributed by atoms with E-state index in [1.807, 2.05) is 18.3 Å². The molecule has 0 radical (unpaired) electrons. The number of hydrogen-bond acceptors (Lipinski definition) is 3. The molecule has 0 amide bonds. The van der Waals surface area contributed by atoms with E-state index in [4.69, 9.17) is 5.26 Å². The van der Waals surface area contributed by atoms with E-state index in [1.165, 1.54) is 22.9 Å². The maximum atomic E-state index is 8.58. The summed E-state index contributed by atoms with van der Waals surface area (Å²) in [4.78, 5) is 4.25. The van der Waals surface area contributed by atoms with Gasteiger partial charge in [0.25, 0.3) is 0 Å². The fraction of sp³-hybridized carbons (Fsp3) is 0.231. The van der Waals surface area contributed by atoms with E-state index >= 15 is 0 Å². The van der Waals surface area contributed by atoms with Gasteiger partial charge in [0, 0.05) is 18.9 Å². The average molecular weight is 243 g/mol. The van der Waals surface area contributed by atoms with E-state index in [0.29, 0.717) is 5.75 Å². The van der Waals surface area contributed by atoms with E-state index in [-0.39, 0.29) is 0 Å². The van der Waals surface area contributed by atoms with E-state index in [1.54, 1.807) is 6.20 Å². The first-order chi connectivity index (χ1) is 8.31. The smallest absolute Gasteiger partial charge is 0.169 e. The Morgan fingerprint density at radius 3 is 3.00 bits per heavy atom. The Morgan fingerprint density at radius 2 is 2.24 bits per heavy atom. The van der Waals surface area contributed by atoms with E-state index in [0.717, 1.165) is 11.7 Å². The molecular formula is C13H13N3S. The minimum atomic E-state index is 0.435. The number of aryl methyl sites for hydroxylation is 1. The number of hydrogen-bond donors (Lipinski definition) is 0. The second-order valence-electron chi connectivity index (χ2n) is 3.71. The molecule has 0 spiro atoms. The van der Waals surface area contributed by atoms with Crippen LogP contribution < -0.4 is 0 Å². The van der Waals surface area contributed by atoms with Gasteiger partial charge in [-0.3, -0.25) is 0 Å². The van der Waals surface area contributed by atoms with Crippen molar-refractivity contribution in [2.45, 2.75) is 18.6 Å². The minimum Gasteiger partial charge on any atom is -0.322 e. The third-order valence-corrected chi connectivity index (χ3v) is 3.42. The molecule has 0 aliphatic heterocycles. The molecule has 2 aromatic rings. The van der Waals surface area contributed by atoms with Crippen LogP contribution in [0.4, 0.5) is 0 Å². The van der Waals surface area contributed by atoms with Gasteiger partial charge in [0.15, 0.2) is 5.16 Å². The summed E-state index contributed by atoms with van der Waals surface area (Å²) >= 11 is 1.47. The Kier molecular flexibility index (Phi) is 3.84. The van der Waals surface area contributed by atoms with Crippen molar-refractivity contribution >= 4 is 11.8 Å². The van der Waals surface area contributed by atoms with E-state index in [9.17, 15) is 0 Å². The molecule has 0 bridgehead atoms. The number of thioether (sulfide) groups is 1. The molecule has 86 valence electrons. The highest BCUT2D eigenvalue weighted by molar-refractivity contribution is 7.99. The number of benzene rings is 1. The minimum absolute atomic E-state index is 0.435. The Morgan fingerprint density at radius 1 is 1.41 bits per heavy atom. The van der Waals surface area contributed by atoms with Gasteiger partial charge in [0.05, 0.1) is 11.8 Å². The van der Waals surface area contributed by atoms with Crippen LogP contribution in [0.1, 0.15) is 11.1 Å². The highest BCUT2D eigenvalue weighted by Crippen LogP contribution is 2.17. The van der Waals surface area contributed by atoms with Crippen LogP contribution in [0.5, 0.6) is 0 Å². The number of aromatic nitrogens is 2. The fourth-order valence-corrected chi connectivity index (χ4v) is 2.24. The van der Waals surface area contributed by atoms with Crippen molar-refractivity contribution < 1.29 is 0 Å². The summed E-state index contributed by atoms with van der Waals surface area (Å²) in [5, 5.41) is 9.48. The van der Waals surface area contributed by atoms with Gasteiger partial charge in [-0.25, -0.2) is 4.98 Å². The molecule has 0 fully saturated rings. The lowest BCUT2D eigenvalue weighted by Gasteiger charge is -2.08. The van der Waals surface area contributed by atoms with Crippen LogP contribution in [-0.4, -0.2) is 15.3 Å². The topological polar surface area (TPSA) is 41.6 Å². The zero-order valence-electron chi connectivity index (χ0n) is 9.63. The molecule has 0 aliphatic rings. The zero-order chi connectivity index (χ0) is 12.1. The van der Waals surface area contributed by atoms with Crippen molar-refractivity contribution in [3.8, 4) is 6.07 Å². The third-order valence-electron chi connectivity index (χ3n) is 2.55. The van der Waals surface area contributed by atoms with Crippen LogP contribution in [-0.2, 0) is 6.54 Å². The summed E-state index contributed by atoms with van der Waals surface area (Å²) in [5.41, 5.74) is 2.56. The number of nitriles is 1. The van der Waals surface area contributed by atoms with Crippen molar-refractivity contribution in [1.82, 2.24) is 9.55 Å². The fourth-order valence-electron chi connectivity index (χ4n) is 1.62. The van der Waals surface area contributed by atoms with E-state index in [2.05, 4.69) is 34.7 Å². The molecule has 1 aromatic heterocycles. The maximum Gasteiger partial charge on any atom is 0.169 e. The number of imidazole rings is 1. The molecule has 1 aromatic carbocycles. The van der Waals surface area contributed by atoms with Crippen molar-refractivity contribution in [3.05, 3.63) is 47.8 Å². The van der Waals surface area contributed by atoms with Crippen LogP contribution in [0, 0.1) is 18.3 Å². The molecule has 2 rings (SSSR count). The van der Waals surface area contributed by atoms with Gasteiger partial charge in [0.2, 0.25) is 0 Å². The van der Waals surface area contributed by atoms with Gasteiger partial charge in [-0.2, -0.15) is 5.26 Å². The second-order valence-corrected chi connectivity index (χ2v) is 4.65. The lowest BCUT2D eigenvalue weighted by molar-refractivity contribution is 0.706. The standard InChI is InChI=1S/C13H13N3S/c1-11-4-2-3-5-12(11)10-16-8-7-15-13(16)17-9-6-14/h2-5,7-8H,9-10H2,1H3. The molecule has 3 nitrogen and oxygen atoms in total. The average Bonchev–Trinajstić information content (AvgIpc) is 2.77. The molecule has 0 atom stereocenters. The molecule has 0 aliphatic carbocycles. The molecule has 4 heteroatoms. The molecular weight excluding hydrogens is 230 g/mol. The van der Waals surface area contributed by atoms with Crippen LogP contribution in [0.2, 0.25) is 0 Å². The summed E-state index contributed by atoms with van der Waals surface area (Å²) in [7, 11) is 0. The first kappa shape index (κ1) is 11.7. The summed E-state index contributed by atoms with van der Waals surface area (Å²) in [6, 6.07) is 10.4. The SMILES string of the molecule is Cc1ccccc1Cn1ccnc1SCC#N. The first-order valence-electron chi connectivity index (χ1n) is 5.36. The second kappa shape index (κ2) is 5.55. The quantitative estimate of drug-likeness (QED) is 0.775. The predicted molar refractivity (Wildman–Crippen MR) is 68.8 cm³/mol. The molecule has 0 saturated carbocycles. The molecule has 0 N–H and O–H groups in total. The van der Waals surface area contributed by atoms with Crippen LogP contribution >= 0.6 is 11.8 Å². The van der Waals surface area contributed by atoms with Crippen molar-refractivity contribution in [1.29, 1.82) is 5.26 Å². The van der Waals surface area contributed by atoms with Gasteiger partial charge < -0.3 is 4.57 Å². The first-order valence-corrected chi connectivity index (χ1v) is 6.35. The predicted octanol–water partition coefficient (Wildman–Crippen LogP) is 2.86. The Labute approximate surface area is 105 Å². The van der Waals surface area contributed by atoms with Gasteiger partial charge >= 0.3 is 0 Å². The Hall–Kier alpha value is -1.73. The summed E-state index contributed by atoms with van der Waals surface area (Å²) in [5.74, 6) is 0.435. The van der Waals surface area contributed by atoms with E-state index < -0.39 is 0 Å². The summed E-state index contributed by atoms with van der Waals surface area (Å²) in [6.45, 7) is 2.91. The highest BCUT2D eigenvalue weighted by atomic mass is 32.2. The van der Waals surface area contributed by atoms with Crippen LogP contribution in [0.15, 0.2) is 41.8 Å². The van der Waals surface area contributed by atoms with Gasteiger partial charge in [-0.15, -0.1) is 0 Å². The van der Waals surface area contributed by atoms with Crippen molar-refractivity contribution in [2.75, 3.05) is 5.75 Å². The molecule has 1 heterocycles. The normalized spacial score (nSPS) is 10.1. The lowest BCUT2D eigenvalue weighted by Crippen LogP contribution is -2.02. The van der Waals surface area contributed by atoms with Gasteiger partial charge in [-0.1, -0.05) is 36.0 Å². The number of rotatable bonds is 4. The van der Waals surface area contributed by atoms with Gasteiger partial charge in [0.1, 0.15) is 0 Å². The highest BCUT2D eigenvalue weighted by Gasteiger charge is 2.05. The zero-order valence-corrected chi connectivity index (χ0v) is 10.4. The monoisotopic (exact) mass is 243 g/mol. The van der Waals surface area contributed by atoms with Crippen LogP contribution in [0.3, 0.4) is 0 Å². The summed E-state index contributed by atoms with van der Waals surface area (Å²) < 4.78 is 2.07. The molecule has 17 heavy (non-hydrogen) atoms. The summed E-state index contributed by atoms with van der Waals surface area (Å²) in [6.07, 6.45) is 3.73. The Bertz CT molecular complexity index is 540. The molecule has 0 unspecified atom stereocenters. The number of nitrogens with zero attached hydrogens (tertiary/aromatic N) is 3. The van der Waals surface area contributed by atoms with Gasteiger partial charge in [-0.05, 0) is 18.1 Å². The third kappa shape index (κ3) is 2.89. The maximum absolute atomic E-state index is 8.58. The largest absolute Gasteiger partial charge is 0.322 e. The van der Waals surface area contributed by atoms with Crippen molar-refractivity contribution in [3.63, 3.8) is 0 Å². The van der Waals surface area contributed by atoms with Crippen molar-refractivity contribution in [2.24, 2.45) is 0 Å². The van der Waals surface area contributed by atoms with Crippen LogP contribution in [0.25, 0.3) is 0 Å². The Balaban J connectivity index is 2.17. The lowest BCUT2D eigenvalue weighted by atomic mass is 10.1.